The summed E-state index contributed by atoms with van der Waals surface area (Å²) < 4.78 is 27.0. The zero-order valence-corrected chi connectivity index (χ0v) is 10.8. The monoisotopic (exact) mass is 292 g/mol. The summed E-state index contributed by atoms with van der Waals surface area (Å²) in [6.45, 7) is 0. The molecule has 0 fully saturated rings. The molecule has 76 valence electrons. The third-order valence-electron chi connectivity index (χ3n) is 2.23. The van der Waals surface area contributed by atoms with E-state index < -0.39 is 0 Å². The first kappa shape index (κ1) is 11.5. The molecule has 0 saturated carbocycles. The van der Waals surface area contributed by atoms with E-state index in [1.807, 2.05) is 12.1 Å². The minimum absolute atomic E-state index is 0.270. The Labute approximate surface area is 107 Å². The molecule has 0 nitrogen and oxygen atoms in total. The molecule has 2 aromatic rings. The van der Waals surface area contributed by atoms with Crippen LogP contribution in [0.25, 0.3) is 0 Å². The summed E-state index contributed by atoms with van der Waals surface area (Å²) in [5.74, 6) is -0.539. The molecule has 0 aliphatic heterocycles. The molecule has 0 aliphatic carbocycles. The Morgan fingerprint density at radius 3 is 1.62 bits per heavy atom. The van der Waals surface area contributed by atoms with Crippen LogP contribution in [0, 0.1) is 11.6 Å². The first-order chi connectivity index (χ1) is 7.66. The van der Waals surface area contributed by atoms with Crippen LogP contribution in [0.15, 0.2) is 48.5 Å². The topological polar surface area (TPSA) is 0 Å². The van der Waals surface area contributed by atoms with Gasteiger partial charge in [-0.2, -0.15) is 0 Å². The van der Waals surface area contributed by atoms with Gasteiger partial charge in [0.2, 0.25) is 0 Å². The quantitative estimate of drug-likeness (QED) is 0.798. The van der Waals surface area contributed by atoms with Crippen molar-refractivity contribution in [2.75, 3.05) is 0 Å². The summed E-state index contributed by atoms with van der Waals surface area (Å²) in [6, 6.07) is 12.7. The molecule has 0 N–H and O–H groups in total. The fraction of sp³-hybridized carbons (Fsp3) is 0. The van der Waals surface area contributed by atoms with Crippen LogP contribution in [0.3, 0.4) is 0 Å². The van der Waals surface area contributed by atoms with Crippen molar-refractivity contribution in [1.29, 1.82) is 0 Å². The van der Waals surface area contributed by atoms with Gasteiger partial charge in [-0.25, -0.2) is 0 Å². The maximum absolute atomic E-state index is 13.0. The molecule has 0 saturated heterocycles. The zero-order chi connectivity index (χ0) is 11.5. The molecule has 0 radical (unpaired) electrons. The molecular formula is C13H8F2Zr+2. The van der Waals surface area contributed by atoms with Gasteiger partial charge in [-0.3, -0.25) is 0 Å². The van der Waals surface area contributed by atoms with E-state index in [0.29, 0.717) is 0 Å². The Kier molecular flexibility index (Phi) is 3.55. The summed E-state index contributed by atoms with van der Waals surface area (Å²) in [6.07, 6.45) is 0. The Hall–Kier alpha value is -0.947. The summed E-state index contributed by atoms with van der Waals surface area (Å²) in [4.78, 5) is 0. The number of halogens is 2. The molecule has 0 bridgehead atoms. The molecule has 2 rings (SSSR count). The molecular weight excluding hydrogens is 285 g/mol. The van der Waals surface area contributed by atoms with Gasteiger partial charge in [0.25, 0.3) is 0 Å². The van der Waals surface area contributed by atoms with E-state index >= 15 is 0 Å². The van der Waals surface area contributed by atoms with Crippen LogP contribution in [0.2, 0.25) is 0 Å². The molecule has 3 heteroatoms. The fourth-order valence-corrected chi connectivity index (χ4v) is 2.22. The van der Waals surface area contributed by atoms with E-state index in [4.69, 9.17) is 0 Å². The van der Waals surface area contributed by atoms with Crippen molar-refractivity contribution in [2.24, 2.45) is 0 Å². The van der Waals surface area contributed by atoms with E-state index in [0.717, 1.165) is 38.6 Å². The van der Waals surface area contributed by atoms with Crippen molar-refractivity contribution in [3.05, 3.63) is 71.3 Å². The van der Waals surface area contributed by atoms with Crippen molar-refractivity contribution in [1.82, 2.24) is 0 Å². The molecule has 0 heterocycles. The van der Waals surface area contributed by atoms with Crippen molar-refractivity contribution >= 4 is 3.21 Å². The molecule has 0 aliphatic rings. The third kappa shape index (κ3) is 2.59. The van der Waals surface area contributed by atoms with Crippen molar-refractivity contribution in [2.45, 2.75) is 0 Å². The van der Waals surface area contributed by atoms with Crippen LogP contribution < -0.4 is 0 Å². The molecule has 2 aromatic carbocycles. The van der Waals surface area contributed by atoms with Gasteiger partial charge >= 0.3 is 108 Å². The van der Waals surface area contributed by atoms with Gasteiger partial charge in [0.15, 0.2) is 0 Å². The van der Waals surface area contributed by atoms with Gasteiger partial charge in [0.05, 0.1) is 0 Å². The van der Waals surface area contributed by atoms with E-state index in [1.54, 1.807) is 12.1 Å². The predicted octanol–water partition coefficient (Wildman–Crippen LogP) is 3.08. The van der Waals surface area contributed by atoms with Gasteiger partial charge < -0.3 is 0 Å². The van der Waals surface area contributed by atoms with E-state index in [1.165, 1.54) is 24.3 Å². The van der Waals surface area contributed by atoms with E-state index in [2.05, 4.69) is 0 Å². The Bertz CT molecular complexity index is 487. The predicted molar refractivity (Wildman–Crippen MR) is 56.0 cm³/mol. The minimum atomic E-state index is -0.270. The Balaban J connectivity index is 2.39. The van der Waals surface area contributed by atoms with Gasteiger partial charge in [-0.15, -0.1) is 0 Å². The maximum atomic E-state index is 13.0. The van der Waals surface area contributed by atoms with Gasteiger partial charge in [-0.1, -0.05) is 0 Å². The Morgan fingerprint density at radius 1 is 0.812 bits per heavy atom. The number of hydrogen-bond donors (Lipinski definition) is 0. The fourth-order valence-electron chi connectivity index (χ4n) is 1.45. The summed E-state index contributed by atoms with van der Waals surface area (Å²) in [5.41, 5.74) is 1.62. The van der Waals surface area contributed by atoms with Crippen molar-refractivity contribution in [3.63, 3.8) is 0 Å². The summed E-state index contributed by atoms with van der Waals surface area (Å²) in [5, 5.41) is 0. The number of hydrogen-bond acceptors (Lipinski definition) is 0. The van der Waals surface area contributed by atoms with Crippen LogP contribution in [-0.4, -0.2) is 3.21 Å². The number of rotatable bonds is 2. The SMILES string of the molecule is Fc1cccc([C](=[Zr+2])c2cccc(F)c2)c1. The van der Waals surface area contributed by atoms with Crippen molar-refractivity contribution in [3.8, 4) is 0 Å². The average Bonchev–Trinajstić information content (AvgIpc) is 2.28. The molecule has 0 amide bonds. The zero-order valence-electron chi connectivity index (χ0n) is 8.37. The molecule has 0 aromatic heterocycles. The number of benzene rings is 2. The average molecular weight is 293 g/mol. The molecule has 0 unspecified atom stereocenters. The molecule has 16 heavy (non-hydrogen) atoms. The normalized spacial score (nSPS) is 10.2. The van der Waals surface area contributed by atoms with Gasteiger partial charge in [0.1, 0.15) is 0 Å². The molecule has 0 atom stereocenters. The van der Waals surface area contributed by atoms with Crippen LogP contribution in [0.4, 0.5) is 8.78 Å². The van der Waals surface area contributed by atoms with Crippen LogP contribution in [0.5, 0.6) is 0 Å². The first-order valence-corrected chi connectivity index (χ1v) is 6.00. The first-order valence-electron chi connectivity index (χ1n) is 4.77. The van der Waals surface area contributed by atoms with E-state index in [9.17, 15) is 8.78 Å². The van der Waals surface area contributed by atoms with Crippen LogP contribution in [-0.2, 0) is 24.2 Å². The second kappa shape index (κ2) is 4.92. The molecule has 0 spiro atoms. The second-order valence-corrected chi connectivity index (χ2v) is 4.62. The van der Waals surface area contributed by atoms with Crippen molar-refractivity contribution < 1.29 is 33.0 Å². The van der Waals surface area contributed by atoms with Crippen LogP contribution in [0.1, 0.15) is 11.1 Å². The summed E-state index contributed by atoms with van der Waals surface area (Å²) >= 11 is 1.13. The standard InChI is InChI=1S/C13H8F2.Zr/c14-12-5-1-3-10(8-12)7-11-4-2-6-13(15)9-11;/h1-6,8-9H;/q;+2. The summed E-state index contributed by atoms with van der Waals surface area (Å²) in [7, 11) is 0. The van der Waals surface area contributed by atoms with Gasteiger partial charge in [-0.05, 0) is 0 Å². The van der Waals surface area contributed by atoms with Gasteiger partial charge in [0, 0.05) is 0 Å². The second-order valence-electron chi connectivity index (χ2n) is 3.40. The van der Waals surface area contributed by atoms with E-state index in [-0.39, 0.29) is 11.6 Å². The van der Waals surface area contributed by atoms with Crippen LogP contribution >= 0.6 is 0 Å². The third-order valence-corrected chi connectivity index (χ3v) is 3.65. The Morgan fingerprint density at radius 2 is 1.25 bits per heavy atom.